The minimum atomic E-state index is -4.54. The van der Waals surface area contributed by atoms with Crippen molar-refractivity contribution in [3.05, 3.63) is 96.3 Å². The number of nitrogens with zero attached hydrogens (tertiary/aromatic N) is 3. The van der Waals surface area contributed by atoms with Gasteiger partial charge in [0.1, 0.15) is 17.9 Å². The summed E-state index contributed by atoms with van der Waals surface area (Å²) >= 11 is 0. The zero-order valence-electron chi connectivity index (χ0n) is 19.3. The third-order valence-corrected chi connectivity index (χ3v) is 4.82. The van der Waals surface area contributed by atoms with Crippen molar-refractivity contribution < 1.29 is 27.5 Å². The van der Waals surface area contributed by atoms with Crippen LogP contribution in [-0.2, 0) is 6.18 Å². The van der Waals surface area contributed by atoms with Crippen LogP contribution in [0, 0.1) is 6.92 Å². The van der Waals surface area contributed by atoms with Gasteiger partial charge in [-0.2, -0.15) is 13.2 Å². The van der Waals surface area contributed by atoms with E-state index >= 15 is 0 Å². The highest BCUT2D eigenvalue weighted by Gasteiger charge is 2.31. The number of hydrogen-bond acceptors (Lipinski definition) is 5. The Morgan fingerprint density at radius 1 is 1.03 bits per heavy atom. The number of aryl methyl sites for hydroxylation is 1. The normalized spacial score (nSPS) is 10.6. The Kier molecular flexibility index (Phi) is 8.39. The van der Waals surface area contributed by atoms with Crippen LogP contribution < -0.4 is 15.4 Å². The van der Waals surface area contributed by atoms with Gasteiger partial charge in [0.2, 0.25) is 0 Å². The molecule has 186 valence electrons. The molecule has 2 aromatic carbocycles. The van der Waals surface area contributed by atoms with Crippen LogP contribution in [0.3, 0.4) is 0 Å². The van der Waals surface area contributed by atoms with Gasteiger partial charge in [0.15, 0.2) is 0 Å². The number of carbonyl (C=O) groups excluding carboxylic acids is 2. The molecule has 0 aliphatic rings. The molecule has 2 N–H and O–H groups in total. The van der Waals surface area contributed by atoms with E-state index in [1.165, 1.54) is 19.2 Å². The summed E-state index contributed by atoms with van der Waals surface area (Å²) in [6.45, 7) is 1.97. The highest BCUT2D eigenvalue weighted by atomic mass is 19.4. The lowest BCUT2D eigenvalue weighted by Crippen LogP contribution is -2.20. The van der Waals surface area contributed by atoms with Crippen molar-refractivity contribution in [2.24, 2.45) is 0 Å². The average Bonchev–Trinajstić information content (AvgIpc) is 3.30. The lowest BCUT2D eigenvalue weighted by Gasteiger charge is -2.14. The zero-order valence-corrected chi connectivity index (χ0v) is 19.3. The number of halogens is 3. The van der Waals surface area contributed by atoms with Crippen LogP contribution in [0.5, 0.6) is 5.75 Å². The number of nitrogens with one attached hydrogen (secondary N) is 2. The summed E-state index contributed by atoms with van der Waals surface area (Å²) in [5.41, 5.74) is 0.727. The molecule has 0 atom stereocenters. The van der Waals surface area contributed by atoms with Crippen LogP contribution in [-0.4, -0.2) is 34.0 Å². The summed E-state index contributed by atoms with van der Waals surface area (Å²) in [6.07, 6.45) is 3.33. The van der Waals surface area contributed by atoms with Gasteiger partial charge in [-0.25, -0.2) is 9.78 Å². The first-order valence-corrected chi connectivity index (χ1v) is 10.5. The molecule has 0 bridgehead atoms. The maximum Gasteiger partial charge on any atom is 0.416 e. The molecule has 4 aromatic rings. The fourth-order valence-corrected chi connectivity index (χ4v) is 3.11. The van der Waals surface area contributed by atoms with E-state index in [9.17, 15) is 22.8 Å². The number of alkyl halides is 3. The minimum Gasteiger partial charge on any atom is -0.495 e. The molecule has 2 heterocycles. The van der Waals surface area contributed by atoms with E-state index in [2.05, 4.69) is 20.6 Å². The highest BCUT2D eigenvalue weighted by Crippen LogP contribution is 2.35. The first-order valence-electron chi connectivity index (χ1n) is 10.5. The van der Waals surface area contributed by atoms with Crippen LogP contribution in [0.15, 0.2) is 79.4 Å². The standard InChI is InChI=1S/C16H13F3N2O3.C9H9N3/c1-24-14-6-5-11(16(17,18)19)8-13(14)21-15(23)20-12-4-2-3-10(7-12)9-22;1-8-11-6-7-12(8)9-2-4-10-5-3-9/h2-9H,1H3,(H2,20,21,23);2-7H,1H3. The smallest absolute Gasteiger partial charge is 0.416 e. The molecule has 0 saturated heterocycles. The second kappa shape index (κ2) is 11.6. The summed E-state index contributed by atoms with van der Waals surface area (Å²) < 4.78 is 45.3. The van der Waals surface area contributed by atoms with E-state index in [1.807, 2.05) is 29.8 Å². The fourth-order valence-electron chi connectivity index (χ4n) is 3.11. The SMILES string of the molecule is COc1ccc(C(F)(F)F)cc1NC(=O)Nc1cccc(C=O)c1.Cc1nccn1-c1ccncc1. The number of rotatable bonds is 5. The van der Waals surface area contributed by atoms with Gasteiger partial charge < -0.3 is 19.9 Å². The summed E-state index contributed by atoms with van der Waals surface area (Å²) in [7, 11) is 1.28. The van der Waals surface area contributed by atoms with Crippen molar-refractivity contribution in [3.63, 3.8) is 0 Å². The average molecular weight is 497 g/mol. The van der Waals surface area contributed by atoms with Crippen molar-refractivity contribution in [2.75, 3.05) is 17.7 Å². The molecule has 0 aliphatic carbocycles. The second-order valence-electron chi connectivity index (χ2n) is 7.29. The van der Waals surface area contributed by atoms with E-state index in [1.54, 1.807) is 30.7 Å². The van der Waals surface area contributed by atoms with E-state index in [0.717, 1.165) is 29.7 Å². The van der Waals surface area contributed by atoms with Crippen LogP contribution in [0.1, 0.15) is 21.7 Å². The van der Waals surface area contributed by atoms with Crippen LogP contribution >= 0.6 is 0 Å². The number of hydrogen-bond donors (Lipinski definition) is 2. The third-order valence-electron chi connectivity index (χ3n) is 4.82. The monoisotopic (exact) mass is 497 g/mol. The van der Waals surface area contributed by atoms with Gasteiger partial charge in [0, 0.05) is 41.7 Å². The van der Waals surface area contributed by atoms with Crippen molar-refractivity contribution in [3.8, 4) is 11.4 Å². The van der Waals surface area contributed by atoms with Crippen molar-refractivity contribution >= 4 is 23.7 Å². The van der Waals surface area contributed by atoms with Crippen molar-refractivity contribution in [1.29, 1.82) is 0 Å². The van der Waals surface area contributed by atoms with E-state index in [0.29, 0.717) is 17.5 Å². The zero-order chi connectivity index (χ0) is 26.1. The fraction of sp³-hybridized carbons (Fsp3) is 0.120. The minimum absolute atomic E-state index is 0.0831. The number of urea groups is 1. The predicted molar refractivity (Wildman–Crippen MR) is 129 cm³/mol. The lowest BCUT2D eigenvalue weighted by molar-refractivity contribution is -0.137. The maximum absolute atomic E-state index is 12.8. The van der Waals surface area contributed by atoms with E-state index in [-0.39, 0.29) is 11.4 Å². The molecule has 0 aliphatic heterocycles. The Morgan fingerprint density at radius 2 is 1.78 bits per heavy atom. The van der Waals surface area contributed by atoms with Gasteiger partial charge in [0.25, 0.3) is 0 Å². The van der Waals surface area contributed by atoms with Gasteiger partial charge in [0.05, 0.1) is 18.4 Å². The summed E-state index contributed by atoms with van der Waals surface area (Å²) in [5.74, 6) is 1.07. The van der Waals surface area contributed by atoms with Crippen LogP contribution in [0.25, 0.3) is 5.69 Å². The molecule has 0 radical (unpaired) electrons. The number of ether oxygens (including phenoxy) is 1. The number of benzene rings is 2. The topological polar surface area (TPSA) is 98.1 Å². The van der Waals surface area contributed by atoms with Gasteiger partial charge in [-0.3, -0.25) is 9.78 Å². The van der Waals surface area contributed by atoms with Crippen LogP contribution in [0.4, 0.5) is 29.3 Å². The van der Waals surface area contributed by atoms with Crippen molar-refractivity contribution in [2.45, 2.75) is 13.1 Å². The largest absolute Gasteiger partial charge is 0.495 e. The summed E-state index contributed by atoms with van der Waals surface area (Å²) in [5, 5.41) is 4.73. The quantitative estimate of drug-likeness (QED) is 0.343. The highest BCUT2D eigenvalue weighted by molar-refractivity contribution is 6.01. The maximum atomic E-state index is 12.8. The van der Waals surface area contributed by atoms with Gasteiger partial charge in [-0.1, -0.05) is 12.1 Å². The predicted octanol–water partition coefficient (Wildman–Crippen LogP) is 5.75. The Bertz CT molecular complexity index is 1320. The number of carbonyl (C=O) groups is 2. The van der Waals surface area contributed by atoms with Crippen molar-refractivity contribution in [1.82, 2.24) is 14.5 Å². The number of aromatic nitrogens is 3. The number of aldehydes is 1. The summed E-state index contributed by atoms with van der Waals surface area (Å²) in [6, 6.07) is 12.0. The number of anilines is 2. The lowest BCUT2D eigenvalue weighted by atomic mass is 10.2. The molecule has 8 nitrogen and oxygen atoms in total. The Morgan fingerprint density at radius 3 is 2.39 bits per heavy atom. The molecule has 0 spiro atoms. The molecule has 4 rings (SSSR count). The number of pyridine rings is 1. The first kappa shape index (κ1) is 25.9. The molecule has 2 amide bonds. The second-order valence-corrected chi connectivity index (χ2v) is 7.29. The Balaban J connectivity index is 0.000000249. The van der Waals surface area contributed by atoms with Gasteiger partial charge in [-0.15, -0.1) is 0 Å². The molecule has 11 heteroatoms. The molecular formula is C25H22F3N5O3. The molecule has 0 fully saturated rings. The van der Waals surface area contributed by atoms with Gasteiger partial charge in [-0.05, 0) is 49.4 Å². The Labute approximate surface area is 204 Å². The third kappa shape index (κ3) is 6.92. The molecule has 0 unspecified atom stereocenters. The van der Waals surface area contributed by atoms with Crippen LogP contribution in [0.2, 0.25) is 0 Å². The van der Waals surface area contributed by atoms with E-state index in [4.69, 9.17) is 4.74 Å². The number of methoxy groups -OCH3 is 1. The number of imidazole rings is 1. The summed E-state index contributed by atoms with van der Waals surface area (Å²) in [4.78, 5) is 30.7. The first-order chi connectivity index (χ1) is 17.2. The molecular weight excluding hydrogens is 475 g/mol. The molecule has 0 saturated carbocycles. The Hall–Kier alpha value is -4.67. The molecule has 36 heavy (non-hydrogen) atoms. The van der Waals surface area contributed by atoms with E-state index < -0.39 is 17.8 Å². The number of amides is 2. The van der Waals surface area contributed by atoms with Gasteiger partial charge >= 0.3 is 12.2 Å². The molecule has 2 aromatic heterocycles.